The van der Waals surface area contributed by atoms with E-state index >= 15 is 0 Å². The van der Waals surface area contributed by atoms with Crippen LogP contribution < -0.4 is 0 Å². The Bertz CT molecular complexity index is 286. The van der Waals surface area contributed by atoms with Crippen molar-refractivity contribution in [3.8, 4) is 0 Å². The predicted octanol–water partition coefficient (Wildman–Crippen LogP) is 1.59. The Morgan fingerprint density at radius 3 is 2.35 bits per heavy atom. The highest BCUT2D eigenvalue weighted by Crippen LogP contribution is 2.42. The lowest BCUT2D eigenvalue weighted by molar-refractivity contribution is -0.143. The molecular formula is C11H18O6. The number of fused-ring (bicyclic) bond motifs is 1. The fourth-order valence-electron chi connectivity index (χ4n) is 2.14. The number of epoxide rings is 1. The van der Waals surface area contributed by atoms with Gasteiger partial charge in [-0.2, -0.15) is 0 Å². The molecule has 0 aromatic rings. The van der Waals surface area contributed by atoms with Crippen molar-refractivity contribution in [2.45, 2.75) is 38.9 Å². The van der Waals surface area contributed by atoms with Gasteiger partial charge in [-0.3, -0.25) is 4.79 Å². The summed E-state index contributed by atoms with van der Waals surface area (Å²) in [7, 11) is 0. The van der Waals surface area contributed by atoms with Gasteiger partial charge in [-0.05, 0) is 24.7 Å². The fraction of sp³-hybridized carbons (Fsp3) is 0.818. The minimum Gasteiger partial charge on any atom is -0.466 e. The zero-order chi connectivity index (χ0) is 13.0. The molecule has 1 saturated carbocycles. The van der Waals surface area contributed by atoms with Crippen LogP contribution >= 0.6 is 0 Å². The SMILES string of the molecule is CC(=O)OCC1CC2OC2CC1C.O=C(O)O. The smallest absolute Gasteiger partial charge is 0.466 e. The van der Waals surface area contributed by atoms with Crippen LogP contribution in [0.2, 0.25) is 0 Å². The van der Waals surface area contributed by atoms with Gasteiger partial charge >= 0.3 is 12.1 Å². The summed E-state index contributed by atoms with van der Waals surface area (Å²) in [6.45, 7) is 4.25. The average Bonchev–Trinajstić information content (AvgIpc) is 2.90. The van der Waals surface area contributed by atoms with Crippen LogP contribution in [0, 0.1) is 11.8 Å². The van der Waals surface area contributed by atoms with Gasteiger partial charge in [0.1, 0.15) is 0 Å². The Hall–Kier alpha value is -1.30. The number of carbonyl (C=O) groups excluding carboxylic acids is 1. The Morgan fingerprint density at radius 1 is 1.29 bits per heavy atom. The van der Waals surface area contributed by atoms with Crippen molar-refractivity contribution in [1.82, 2.24) is 0 Å². The Balaban J connectivity index is 0.000000317. The maximum absolute atomic E-state index is 10.6. The summed E-state index contributed by atoms with van der Waals surface area (Å²) < 4.78 is 10.5. The number of rotatable bonds is 2. The molecule has 1 aliphatic carbocycles. The lowest BCUT2D eigenvalue weighted by Gasteiger charge is -2.25. The highest BCUT2D eigenvalue weighted by atomic mass is 16.6. The fourth-order valence-corrected chi connectivity index (χ4v) is 2.14. The molecule has 0 spiro atoms. The summed E-state index contributed by atoms with van der Waals surface area (Å²) in [5, 5.41) is 13.9. The van der Waals surface area contributed by atoms with Gasteiger partial charge in [-0.25, -0.2) is 4.79 Å². The molecule has 6 nitrogen and oxygen atoms in total. The highest BCUT2D eigenvalue weighted by molar-refractivity contribution is 5.65. The molecule has 4 atom stereocenters. The predicted molar refractivity (Wildman–Crippen MR) is 57.8 cm³/mol. The molecule has 0 aromatic heterocycles. The van der Waals surface area contributed by atoms with E-state index in [1.807, 2.05) is 0 Å². The maximum atomic E-state index is 10.6. The minimum atomic E-state index is -1.83. The second-order valence-corrected chi connectivity index (χ2v) is 4.51. The Morgan fingerprint density at radius 2 is 1.82 bits per heavy atom. The molecule has 1 heterocycles. The molecule has 4 unspecified atom stereocenters. The number of carboxylic acid groups (broad SMARTS) is 2. The van der Waals surface area contributed by atoms with E-state index in [9.17, 15) is 4.79 Å². The van der Waals surface area contributed by atoms with Crippen LogP contribution in [-0.2, 0) is 14.3 Å². The van der Waals surface area contributed by atoms with E-state index in [0.29, 0.717) is 30.7 Å². The highest BCUT2D eigenvalue weighted by Gasteiger charge is 2.46. The second kappa shape index (κ2) is 5.86. The van der Waals surface area contributed by atoms with Gasteiger partial charge in [0.05, 0.1) is 18.8 Å². The number of hydrogen-bond acceptors (Lipinski definition) is 4. The summed E-state index contributed by atoms with van der Waals surface area (Å²) in [4.78, 5) is 19.2. The van der Waals surface area contributed by atoms with Crippen molar-refractivity contribution in [2.24, 2.45) is 11.8 Å². The molecule has 17 heavy (non-hydrogen) atoms. The Labute approximate surface area is 99.5 Å². The second-order valence-electron chi connectivity index (χ2n) is 4.51. The molecule has 0 aromatic carbocycles. The van der Waals surface area contributed by atoms with Gasteiger partial charge in [0, 0.05) is 6.92 Å². The van der Waals surface area contributed by atoms with Crippen molar-refractivity contribution in [3.63, 3.8) is 0 Å². The van der Waals surface area contributed by atoms with Gasteiger partial charge in [0.25, 0.3) is 0 Å². The topological polar surface area (TPSA) is 96.4 Å². The van der Waals surface area contributed by atoms with E-state index in [-0.39, 0.29) is 5.97 Å². The van der Waals surface area contributed by atoms with Crippen molar-refractivity contribution >= 4 is 12.1 Å². The third-order valence-corrected chi connectivity index (χ3v) is 3.13. The molecule has 2 aliphatic rings. The molecule has 1 aliphatic heterocycles. The first kappa shape index (κ1) is 13.8. The van der Waals surface area contributed by atoms with Gasteiger partial charge < -0.3 is 19.7 Å². The molecule has 2 rings (SSSR count). The van der Waals surface area contributed by atoms with Gasteiger partial charge in [0.15, 0.2) is 0 Å². The number of hydrogen-bond donors (Lipinski definition) is 2. The average molecular weight is 246 g/mol. The van der Waals surface area contributed by atoms with Gasteiger partial charge in [0.2, 0.25) is 0 Å². The van der Waals surface area contributed by atoms with E-state index < -0.39 is 6.16 Å². The first-order chi connectivity index (χ1) is 7.90. The van der Waals surface area contributed by atoms with Crippen molar-refractivity contribution in [2.75, 3.05) is 6.61 Å². The third-order valence-electron chi connectivity index (χ3n) is 3.13. The van der Waals surface area contributed by atoms with Gasteiger partial charge in [-0.15, -0.1) is 0 Å². The van der Waals surface area contributed by atoms with Crippen molar-refractivity contribution in [1.29, 1.82) is 0 Å². The summed E-state index contributed by atoms with van der Waals surface area (Å²) in [5.74, 6) is 0.960. The molecule has 0 amide bonds. The van der Waals surface area contributed by atoms with E-state index in [4.69, 9.17) is 24.5 Å². The van der Waals surface area contributed by atoms with E-state index in [1.54, 1.807) is 0 Å². The number of ether oxygens (including phenoxy) is 2. The normalized spacial score (nSPS) is 33.8. The summed E-state index contributed by atoms with van der Waals surface area (Å²) in [6.07, 6.45) is 1.36. The van der Waals surface area contributed by atoms with Crippen LogP contribution in [0.3, 0.4) is 0 Å². The quantitative estimate of drug-likeness (QED) is 0.567. The van der Waals surface area contributed by atoms with E-state index in [2.05, 4.69) is 6.92 Å². The van der Waals surface area contributed by atoms with Crippen LogP contribution in [0.5, 0.6) is 0 Å². The maximum Gasteiger partial charge on any atom is 0.503 e. The van der Waals surface area contributed by atoms with E-state index in [1.165, 1.54) is 6.92 Å². The van der Waals surface area contributed by atoms with Crippen LogP contribution in [-0.4, -0.2) is 41.2 Å². The monoisotopic (exact) mass is 246 g/mol. The molecule has 2 fully saturated rings. The summed E-state index contributed by atoms with van der Waals surface area (Å²) in [6, 6.07) is 0. The largest absolute Gasteiger partial charge is 0.503 e. The van der Waals surface area contributed by atoms with Crippen LogP contribution in [0.4, 0.5) is 4.79 Å². The van der Waals surface area contributed by atoms with Crippen molar-refractivity contribution < 1.29 is 29.3 Å². The minimum absolute atomic E-state index is 0.175. The molecule has 0 radical (unpaired) electrons. The lowest BCUT2D eigenvalue weighted by Crippen LogP contribution is -2.26. The molecule has 98 valence electrons. The van der Waals surface area contributed by atoms with Gasteiger partial charge in [-0.1, -0.05) is 6.92 Å². The zero-order valence-corrected chi connectivity index (χ0v) is 9.96. The molecule has 0 bridgehead atoms. The zero-order valence-electron chi connectivity index (χ0n) is 9.96. The molecule has 1 saturated heterocycles. The number of esters is 1. The Kier molecular flexibility index (Phi) is 4.74. The molecular weight excluding hydrogens is 228 g/mol. The summed E-state index contributed by atoms with van der Waals surface area (Å²) in [5.41, 5.74) is 0. The van der Waals surface area contributed by atoms with E-state index in [0.717, 1.165) is 12.8 Å². The molecule has 6 heteroatoms. The first-order valence-electron chi connectivity index (χ1n) is 5.60. The summed E-state index contributed by atoms with van der Waals surface area (Å²) >= 11 is 0. The third kappa shape index (κ3) is 5.04. The van der Waals surface area contributed by atoms with Crippen LogP contribution in [0.25, 0.3) is 0 Å². The standard InChI is InChI=1S/C10H16O3.CH2O3/c1-6-3-9-10(13-9)4-8(6)5-12-7(2)11;2-1(3)4/h6,8-10H,3-5H2,1-2H3;(H2,2,3,4). The number of carbonyl (C=O) groups is 2. The first-order valence-corrected chi connectivity index (χ1v) is 5.60. The lowest BCUT2D eigenvalue weighted by atomic mass is 9.81. The molecule has 2 N–H and O–H groups in total. The van der Waals surface area contributed by atoms with Crippen LogP contribution in [0.15, 0.2) is 0 Å². The van der Waals surface area contributed by atoms with Crippen LogP contribution in [0.1, 0.15) is 26.7 Å². The van der Waals surface area contributed by atoms with Crippen molar-refractivity contribution in [3.05, 3.63) is 0 Å².